The van der Waals surface area contributed by atoms with Gasteiger partial charge < -0.3 is 53.6 Å². The van der Waals surface area contributed by atoms with Crippen molar-refractivity contribution in [3.8, 4) is 0 Å². The van der Waals surface area contributed by atoms with Gasteiger partial charge in [0.2, 0.25) is 17.7 Å². The normalized spacial score (nSPS) is 15.9. The summed E-state index contributed by atoms with van der Waals surface area (Å²) in [5.74, 6) is -5.90. The molecule has 6 atom stereocenters. The van der Waals surface area contributed by atoms with E-state index in [-0.39, 0.29) is 18.9 Å². The molecular weight excluding hydrogens is 470 g/mol. The average Bonchev–Trinajstić information content (AvgIpc) is 2.74. The topological polar surface area (TPSA) is 293 Å². The van der Waals surface area contributed by atoms with E-state index in [0.717, 1.165) is 6.92 Å². The Labute approximate surface area is 201 Å². The molecular formula is C19H35N7O9. The Hall–Kier alpha value is -3.50. The summed E-state index contributed by atoms with van der Waals surface area (Å²) in [6, 6.07) is -5.92. The van der Waals surface area contributed by atoms with Crippen molar-refractivity contribution >= 4 is 35.6 Å². The second kappa shape index (κ2) is 15.4. The molecule has 200 valence electrons. The number of nitrogens with zero attached hydrogens (tertiary/aromatic N) is 1. The number of hydrogen-bond acceptors (Lipinski definition) is 9. The molecule has 13 N–H and O–H groups in total. The highest BCUT2D eigenvalue weighted by atomic mass is 16.4. The number of aliphatic imine (C=N–C) groups is 1. The van der Waals surface area contributed by atoms with Crippen LogP contribution in [0.3, 0.4) is 0 Å². The minimum absolute atomic E-state index is 0.126. The molecule has 16 nitrogen and oxygen atoms in total. The molecule has 0 aliphatic heterocycles. The van der Waals surface area contributed by atoms with Crippen LogP contribution in [0, 0.1) is 0 Å². The second-order valence-corrected chi connectivity index (χ2v) is 7.84. The monoisotopic (exact) mass is 505 g/mol. The number of carbonyl (C=O) groups excluding carboxylic acids is 3. The second-order valence-electron chi connectivity index (χ2n) is 7.84. The van der Waals surface area contributed by atoms with E-state index in [4.69, 9.17) is 27.4 Å². The van der Waals surface area contributed by atoms with Crippen LogP contribution in [0.5, 0.6) is 0 Å². The molecule has 0 bridgehead atoms. The number of carbonyl (C=O) groups is 5. The van der Waals surface area contributed by atoms with Gasteiger partial charge in [-0.15, -0.1) is 0 Å². The maximum atomic E-state index is 12.7. The van der Waals surface area contributed by atoms with Crippen molar-refractivity contribution in [2.24, 2.45) is 22.2 Å². The number of rotatable bonds is 16. The van der Waals surface area contributed by atoms with Crippen molar-refractivity contribution < 1.29 is 44.4 Å². The summed E-state index contributed by atoms with van der Waals surface area (Å²) in [7, 11) is 0. The summed E-state index contributed by atoms with van der Waals surface area (Å²) in [4.78, 5) is 63.5. The lowest BCUT2D eigenvalue weighted by molar-refractivity contribution is -0.145. The van der Waals surface area contributed by atoms with Crippen LogP contribution in [-0.2, 0) is 24.0 Å². The molecule has 16 heteroatoms. The average molecular weight is 506 g/mol. The van der Waals surface area contributed by atoms with Gasteiger partial charge in [-0.1, -0.05) is 0 Å². The van der Waals surface area contributed by atoms with E-state index in [1.54, 1.807) is 0 Å². The van der Waals surface area contributed by atoms with Crippen LogP contribution in [-0.4, -0.2) is 99.0 Å². The summed E-state index contributed by atoms with van der Waals surface area (Å²) in [5.41, 5.74) is 16.2. The molecule has 35 heavy (non-hydrogen) atoms. The first kappa shape index (κ1) is 31.5. The molecule has 0 aliphatic rings. The van der Waals surface area contributed by atoms with Crippen molar-refractivity contribution in [3.63, 3.8) is 0 Å². The lowest BCUT2D eigenvalue weighted by atomic mass is 10.1. The van der Waals surface area contributed by atoms with Crippen LogP contribution >= 0.6 is 0 Å². The molecule has 0 radical (unpaired) electrons. The number of hydrogen-bond donors (Lipinski definition) is 10. The largest absolute Gasteiger partial charge is 0.481 e. The van der Waals surface area contributed by atoms with E-state index >= 15 is 0 Å². The SMILES string of the molecule is CC(O)C(NC(=O)C(CCC(=O)O)NC(=O)C(NC(=O)C(N)CCCN=C(N)N)C(C)O)C(=O)O. The zero-order valence-corrected chi connectivity index (χ0v) is 19.5. The molecule has 0 fully saturated rings. The number of nitrogens with two attached hydrogens (primary N) is 3. The van der Waals surface area contributed by atoms with Crippen LogP contribution in [0.4, 0.5) is 0 Å². The van der Waals surface area contributed by atoms with E-state index in [2.05, 4.69) is 15.6 Å². The molecule has 0 aromatic carbocycles. The first-order valence-corrected chi connectivity index (χ1v) is 10.7. The molecule has 0 saturated carbocycles. The Bertz CT molecular complexity index is 785. The van der Waals surface area contributed by atoms with Gasteiger partial charge in [0, 0.05) is 13.0 Å². The van der Waals surface area contributed by atoms with Crippen LogP contribution < -0.4 is 33.2 Å². The highest BCUT2D eigenvalue weighted by molar-refractivity contribution is 5.94. The van der Waals surface area contributed by atoms with E-state index in [1.165, 1.54) is 6.92 Å². The lowest BCUT2D eigenvalue weighted by Gasteiger charge is -2.26. The predicted octanol–water partition coefficient (Wildman–Crippen LogP) is -4.47. The van der Waals surface area contributed by atoms with Gasteiger partial charge in [-0.25, -0.2) is 4.79 Å². The predicted molar refractivity (Wildman–Crippen MR) is 122 cm³/mol. The third-order valence-electron chi connectivity index (χ3n) is 4.69. The Morgan fingerprint density at radius 1 is 0.829 bits per heavy atom. The summed E-state index contributed by atoms with van der Waals surface area (Å²) in [6.45, 7) is 2.52. The molecule has 0 aliphatic carbocycles. The van der Waals surface area contributed by atoms with Crippen molar-refractivity contribution in [3.05, 3.63) is 0 Å². The highest BCUT2D eigenvalue weighted by Gasteiger charge is 2.33. The maximum absolute atomic E-state index is 12.7. The molecule has 0 aromatic rings. The van der Waals surface area contributed by atoms with Crippen LogP contribution in [0.15, 0.2) is 4.99 Å². The lowest BCUT2D eigenvalue weighted by Crippen LogP contribution is -2.60. The van der Waals surface area contributed by atoms with Crippen molar-refractivity contribution in [2.75, 3.05) is 6.54 Å². The number of aliphatic hydroxyl groups is 2. The third-order valence-corrected chi connectivity index (χ3v) is 4.69. The van der Waals surface area contributed by atoms with Crippen molar-refractivity contribution in [1.82, 2.24) is 16.0 Å². The summed E-state index contributed by atoms with van der Waals surface area (Å²) in [6.07, 6.45) is -3.45. The first-order valence-electron chi connectivity index (χ1n) is 10.7. The smallest absolute Gasteiger partial charge is 0.328 e. The van der Waals surface area contributed by atoms with E-state index < -0.39 is 78.9 Å². The van der Waals surface area contributed by atoms with Gasteiger partial charge in [-0.3, -0.25) is 24.2 Å². The number of aliphatic hydroxyl groups excluding tert-OH is 2. The fourth-order valence-corrected chi connectivity index (χ4v) is 2.76. The van der Waals surface area contributed by atoms with E-state index in [1.807, 2.05) is 5.32 Å². The van der Waals surface area contributed by atoms with Crippen LogP contribution in [0.1, 0.15) is 39.5 Å². The molecule has 0 aromatic heterocycles. The quantitative estimate of drug-likeness (QED) is 0.0539. The van der Waals surface area contributed by atoms with Crippen LogP contribution in [0.2, 0.25) is 0 Å². The maximum Gasteiger partial charge on any atom is 0.328 e. The number of guanidine groups is 1. The van der Waals surface area contributed by atoms with Gasteiger partial charge in [-0.2, -0.15) is 0 Å². The number of carboxylic acid groups (broad SMARTS) is 2. The molecule has 0 saturated heterocycles. The fraction of sp³-hybridized carbons (Fsp3) is 0.684. The zero-order chi connectivity index (χ0) is 27.3. The van der Waals surface area contributed by atoms with Crippen molar-refractivity contribution in [2.45, 2.75) is 75.9 Å². The molecule has 6 unspecified atom stereocenters. The van der Waals surface area contributed by atoms with E-state index in [0.29, 0.717) is 6.42 Å². The Kier molecular flexibility index (Phi) is 13.9. The number of carboxylic acids is 2. The third kappa shape index (κ3) is 12.5. The summed E-state index contributed by atoms with van der Waals surface area (Å²) >= 11 is 0. The van der Waals surface area contributed by atoms with Gasteiger partial charge in [0.25, 0.3) is 0 Å². The van der Waals surface area contributed by atoms with Gasteiger partial charge in [0.1, 0.15) is 12.1 Å². The van der Waals surface area contributed by atoms with Gasteiger partial charge >= 0.3 is 11.9 Å². The van der Waals surface area contributed by atoms with Gasteiger partial charge in [-0.05, 0) is 33.1 Å². The van der Waals surface area contributed by atoms with Crippen LogP contribution in [0.25, 0.3) is 0 Å². The number of nitrogens with one attached hydrogen (secondary N) is 3. The van der Waals surface area contributed by atoms with Crippen molar-refractivity contribution in [1.29, 1.82) is 0 Å². The minimum atomic E-state index is -1.73. The Balaban J connectivity index is 5.37. The molecule has 3 amide bonds. The minimum Gasteiger partial charge on any atom is -0.481 e. The van der Waals surface area contributed by atoms with Gasteiger partial charge in [0.15, 0.2) is 12.0 Å². The highest BCUT2D eigenvalue weighted by Crippen LogP contribution is 2.04. The Morgan fingerprint density at radius 2 is 1.37 bits per heavy atom. The number of amides is 3. The Morgan fingerprint density at radius 3 is 1.83 bits per heavy atom. The summed E-state index contributed by atoms with van der Waals surface area (Å²) in [5, 5.41) is 44.0. The molecule has 0 heterocycles. The standard InChI is InChI=1S/C19H35N7O9/c1-8(27)13(25-15(31)10(20)4-3-7-23-19(21)22)17(33)24-11(5-6-12(29)30)16(32)26-14(9(2)28)18(34)35/h8-11,13-14,27-28H,3-7,20H2,1-2H3,(H,24,33)(H,25,31)(H,26,32)(H,29,30)(H,34,35)(H4,21,22,23). The molecule has 0 spiro atoms. The fourth-order valence-electron chi connectivity index (χ4n) is 2.76. The summed E-state index contributed by atoms with van der Waals surface area (Å²) < 4.78 is 0. The molecule has 0 rings (SSSR count). The first-order chi connectivity index (χ1) is 16.2. The van der Waals surface area contributed by atoms with Gasteiger partial charge in [0.05, 0.1) is 18.2 Å². The zero-order valence-electron chi connectivity index (χ0n) is 19.5. The number of aliphatic carboxylic acids is 2. The van der Waals surface area contributed by atoms with E-state index in [9.17, 15) is 34.2 Å².